The van der Waals surface area contributed by atoms with Crippen molar-refractivity contribution < 1.29 is 14.6 Å². The van der Waals surface area contributed by atoms with Crippen molar-refractivity contribution in [3.05, 3.63) is 28.8 Å². The number of esters is 1. The normalized spacial score (nSPS) is 10.0. The predicted octanol–water partition coefficient (Wildman–Crippen LogP) is 1.46. The van der Waals surface area contributed by atoms with E-state index in [0.29, 0.717) is 11.4 Å². The minimum absolute atomic E-state index is 0.0156. The maximum Gasteiger partial charge on any atom is 0.340 e. The molecule has 0 saturated carbocycles. The van der Waals surface area contributed by atoms with E-state index in [4.69, 9.17) is 27.2 Å². The molecule has 15 heavy (non-hydrogen) atoms. The maximum absolute atomic E-state index is 11.5. The van der Waals surface area contributed by atoms with Crippen LogP contribution in [0.3, 0.4) is 0 Å². The molecule has 0 radical (unpaired) electrons. The van der Waals surface area contributed by atoms with Gasteiger partial charge in [0.1, 0.15) is 0 Å². The summed E-state index contributed by atoms with van der Waals surface area (Å²) in [6.45, 7) is 0.152. The number of ether oxygens (including phenoxy) is 1. The molecule has 1 aromatic rings. The number of rotatable bonds is 4. The van der Waals surface area contributed by atoms with Gasteiger partial charge in [-0.3, -0.25) is 0 Å². The van der Waals surface area contributed by atoms with Gasteiger partial charge in [-0.25, -0.2) is 4.79 Å². The first-order valence-corrected chi connectivity index (χ1v) is 4.86. The second-order valence-corrected chi connectivity index (χ2v) is 3.32. The van der Waals surface area contributed by atoms with Gasteiger partial charge in [0.2, 0.25) is 0 Å². The summed E-state index contributed by atoms with van der Waals surface area (Å²) in [6.07, 6.45) is 0.409. The van der Waals surface area contributed by atoms with Crippen molar-refractivity contribution in [1.29, 1.82) is 0 Å². The Morgan fingerprint density at radius 3 is 2.93 bits per heavy atom. The molecule has 0 saturated heterocycles. The Morgan fingerprint density at radius 1 is 1.53 bits per heavy atom. The third-order valence-electron chi connectivity index (χ3n) is 1.81. The van der Waals surface area contributed by atoms with Crippen molar-refractivity contribution in [3.8, 4) is 0 Å². The highest BCUT2D eigenvalue weighted by Gasteiger charge is 2.12. The summed E-state index contributed by atoms with van der Waals surface area (Å²) in [5.41, 5.74) is 6.07. The average molecular weight is 230 g/mol. The minimum Gasteiger partial charge on any atom is -0.462 e. The highest BCUT2D eigenvalue weighted by Crippen LogP contribution is 2.22. The Kier molecular flexibility index (Phi) is 4.39. The van der Waals surface area contributed by atoms with Gasteiger partial charge in [-0.2, -0.15) is 0 Å². The van der Waals surface area contributed by atoms with Crippen molar-refractivity contribution in [2.75, 3.05) is 18.9 Å². The molecule has 0 aliphatic heterocycles. The van der Waals surface area contributed by atoms with Gasteiger partial charge in [0.25, 0.3) is 0 Å². The van der Waals surface area contributed by atoms with E-state index in [1.165, 1.54) is 0 Å². The van der Waals surface area contributed by atoms with Crippen LogP contribution in [-0.4, -0.2) is 24.3 Å². The van der Waals surface area contributed by atoms with E-state index in [0.717, 1.165) is 0 Å². The zero-order valence-corrected chi connectivity index (χ0v) is 8.83. The van der Waals surface area contributed by atoms with E-state index in [9.17, 15) is 4.79 Å². The number of anilines is 1. The van der Waals surface area contributed by atoms with Gasteiger partial charge < -0.3 is 15.6 Å². The Balaban J connectivity index is 2.69. The number of carbonyl (C=O) groups excluding carboxylic acids is 1. The summed E-state index contributed by atoms with van der Waals surface area (Å²) < 4.78 is 4.87. The number of carbonyl (C=O) groups is 1. The zero-order valence-electron chi connectivity index (χ0n) is 8.07. The number of aliphatic hydroxyl groups excluding tert-OH is 1. The van der Waals surface area contributed by atoms with Gasteiger partial charge in [-0.1, -0.05) is 17.7 Å². The smallest absolute Gasteiger partial charge is 0.340 e. The standard InChI is InChI=1S/C10H12ClNO3/c11-8-4-1-3-7(9(8)12)10(14)15-6-2-5-13/h1,3-4,13H,2,5-6,12H2. The molecular weight excluding hydrogens is 218 g/mol. The third kappa shape index (κ3) is 3.11. The number of hydrogen-bond donors (Lipinski definition) is 2. The molecule has 0 amide bonds. The number of nitrogens with two attached hydrogens (primary N) is 1. The van der Waals surface area contributed by atoms with E-state index < -0.39 is 5.97 Å². The molecule has 0 spiro atoms. The fraction of sp³-hybridized carbons (Fsp3) is 0.300. The van der Waals surface area contributed by atoms with Gasteiger partial charge in [0.05, 0.1) is 22.9 Å². The van der Waals surface area contributed by atoms with Crippen LogP contribution in [0, 0.1) is 0 Å². The largest absolute Gasteiger partial charge is 0.462 e. The first kappa shape index (κ1) is 11.8. The number of hydrogen-bond acceptors (Lipinski definition) is 4. The molecule has 82 valence electrons. The Morgan fingerprint density at radius 2 is 2.27 bits per heavy atom. The first-order valence-electron chi connectivity index (χ1n) is 4.48. The Bertz CT molecular complexity index is 355. The summed E-state index contributed by atoms with van der Waals surface area (Å²) in [7, 11) is 0. The van der Waals surface area contributed by atoms with Crippen LogP contribution in [0.1, 0.15) is 16.8 Å². The quantitative estimate of drug-likeness (QED) is 0.466. The molecule has 0 bridgehead atoms. The van der Waals surface area contributed by atoms with Crippen LogP contribution in [0.25, 0.3) is 0 Å². The molecular formula is C10H12ClNO3. The topological polar surface area (TPSA) is 72.6 Å². The summed E-state index contributed by atoms with van der Waals surface area (Å²) >= 11 is 5.75. The lowest BCUT2D eigenvalue weighted by atomic mass is 10.2. The van der Waals surface area contributed by atoms with Crippen molar-refractivity contribution in [2.45, 2.75) is 6.42 Å². The molecule has 3 N–H and O–H groups in total. The van der Waals surface area contributed by atoms with Gasteiger partial charge >= 0.3 is 5.97 Å². The van der Waals surface area contributed by atoms with Crippen LogP contribution in [0.5, 0.6) is 0 Å². The predicted molar refractivity (Wildman–Crippen MR) is 57.8 cm³/mol. The molecule has 1 aromatic carbocycles. The van der Waals surface area contributed by atoms with Crippen LogP contribution in [0.4, 0.5) is 5.69 Å². The van der Waals surface area contributed by atoms with Crippen LogP contribution in [0.2, 0.25) is 5.02 Å². The summed E-state index contributed by atoms with van der Waals surface area (Å²) in [6, 6.07) is 4.77. The SMILES string of the molecule is Nc1c(Cl)cccc1C(=O)OCCCO. The fourth-order valence-corrected chi connectivity index (χ4v) is 1.20. The number of nitrogen functional groups attached to an aromatic ring is 1. The van der Waals surface area contributed by atoms with Crippen LogP contribution < -0.4 is 5.73 Å². The molecule has 0 heterocycles. The van der Waals surface area contributed by atoms with E-state index in [2.05, 4.69) is 0 Å². The summed E-state index contributed by atoms with van der Waals surface area (Å²) in [4.78, 5) is 11.5. The van der Waals surface area contributed by atoms with E-state index >= 15 is 0 Å². The van der Waals surface area contributed by atoms with E-state index in [-0.39, 0.29) is 24.5 Å². The van der Waals surface area contributed by atoms with Gasteiger partial charge in [-0.05, 0) is 12.1 Å². The van der Waals surface area contributed by atoms with Crippen LogP contribution >= 0.6 is 11.6 Å². The van der Waals surface area contributed by atoms with E-state index in [1.807, 2.05) is 0 Å². The maximum atomic E-state index is 11.5. The Hall–Kier alpha value is -1.26. The highest BCUT2D eigenvalue weighted by atomic mass is 35.5. The van der Waals surface area contributed by atoms with Crippen LogP contribution in [-0.2, 0) is 4.74 Å². The summed E-state index contributed by atoms with van der Waals surface area (Å²) in [5.74, 6) is -0.525. The lowest BCUT2D eigenvalue weighted by molar-refractivity contribution is 0.0483. The summed E-state index contributed by atoms with van der Waals surface area (Å²) in [5, 5.41) is 8.84. The zero-order chi connectivity index (χ0) is 11.3. The van der Waals surface area contributed by atoms with Crippen molar-refractivity contribution in [3.63, 3.8) is 0 Å². The van der Waals surface area contributed by atoms with E-state index in [1.54, 1.807) is 18.2 Å². The van der Waals surface area contributed by atoms with Gasteiger partial charge in [0.15, 0.2) is 0 Å². The minimum atomic E-state index is -0.525. The molecule has 0 unspecified atom stereocenters. The van der Waals surface area contributed by atoms with Gasteiger partial charge in [-0.15, -0.1) is 0 Å². The van der Waals surface area contributed by atoms with Crippen molar-refractivity contribution in [1.82, 2.24) is 0 Å². The number of aliphatic hydroxyl groups is 1. The van der Waals surface area contributed by atoms with Crippen molar-refractivity contribution in [2.24, 2.45) is 0 Å². The number of para-hydroxylation sites is 1. The molecule has 0 aromatic heterocycles. The highest BCUT2D eigenvalue weighted by molar-refractivity contribution is 6.33. The second kappa shape index (κ2) is 5.58. The van der Waals surface area contributed by atoms with Gasteiger partial charge in [0, 0.05) is 13.0 Å². The lowest BCUT2D eigenvalue weighted by Crippen LogP contribution is -2.10. The average Bonchev–Trinajstić information content (AvgIpc) is 2.22. The van der Waals surface area contributed by atoms with Crippen LogP contribution in [0.15, 0.2) is 18.2 Å². The fourth-order valence-electron chi connectivity index (χ4n) is 1.02. The number of halogens is 1. The molecule has 4 nitrogen and oxygen atoms in total. The van der Waals surface area contributed by atoms with Crippen molar-refractivity contribution >= 4 is 23.3 Å². The lowest BCUT2D eigenvalue weighted by Gasteiger charge is -2.06. The third-order valence-corrected chi connectivity index (χ3v) is 2.14. The molecule has 0 aliphatic rings. The molecule has 0 atom stereocenters. The Labute approximate surface area is 92.6 Å². The second-order valence-electron chi connectivity index (χ2n) is 2.91. The molecule has 0 fully saturated rings. The molecule has 5 heteroatoms. The monoisotopic (exact) mass is 229 g/mol. The molecule has 0 aliphatic carbocycles. The molecule has 1 rings (SSSR count). The first-order chi connectivity index (χ1) is 7.16. The number of benzene rings is 1.